The van der Waals surface area contributed by atoms with Gasteiger partial charge in [-0.25, -0.2) is 4.98 Å². The highest BCUT2D eigenvalue weighted by Crippen LogP contribution is 2.33. The minimum absolute atomic E-state index is 0.0731. The molecule has 0 saturated heterocycles. The predicted molar refractivity (Wildman–Crippen MR) is 114 cm³/mol. The summed E-state index contributed by atoms with van der Waals surface area (Å²) >= 11 is 7.72. The van der Waals surface area contributed by atoms with Gasteiger partial charge < -0.3 is 0 Å². The molecule has 144 valence electrons. The molecule has 2 aromatic heterocycles. The zero-order valence-electron chi connectivity index (χ0n) is 15.5. The second kappa shape index (κ2) is 7.61. The van der Waals surface area contributed by atoms with Gasteiger partial charge in [-0.15, -0.1) is 5.10 Å². The fourth-order valence-corrected chi connectivity index (χ4v) is 4.68. The molecule has 0 aliphatic heterocycles. The summed E-state index contributed by atoms with van der Waals surface area (Å²) in [6.07, 6.45) is 2.79. The molecule has 0 N–H and O–H groups in total. The molecule has 1 aliphatic carbocycles. The third-order valence-corrected chi connectivity index (χ3v) is 6.29. The molecule has 0 spiro atoms. The Morgan fingerprint density at radius 1 is 1.10 bits per heavy atom. The van der Waals surface area contributed by atoms with Crippen molar-refractivity contribution in [2.24, 2.45) is 0 Å². The van der Waals surface area contributed by atoms with Crippen LogP contribution in [0.3, 0.4) is 0 Å². The normalized spacial score (nSPS) is 16.2. The number of Topliss-reactive ketones (excluding diaryl/α,β-unsaturated/α-hetero) is 1. The first-order valence-corrected chi connectivity index (χ1v) is 10.7. The molecule has 7 heteroatoms. The van der Waals surface area contributed by atoms with E-state index < -0.39 is 0 Å². The van der Waals surface area contributed by atoms with E-state index in [4.69, 9.17) is 11.6 Å². The van der Waals surface area contributed by atoms with Crippen LogP contribution in [-0.4, -0.2) is 25.4 Å². The molecular formula is C22H17ClN4OS. The summed E-state index contributed by atoms with van der Waals surface area (Å²) in [5.74, 6) is 1.46. The van der Waals surface area contributed by atoms with E-state index in [-0.39, 0.29) is 11.7 Å². The molecule has 5 rings (SSSR count). The number of ketones is 1. The van der Waals surface area contributed by atoms with E-state index in [2.05, 4.69) is 27.2 Å². The second-order valence-electron chi connectivity index (χ2n) is 7.08. The zero-order chi connectivity index (χ0) is 19.8. The van der Waals surface area contributed by atoms with Crippen LogP contribution in [0, 0.1) is 0 Å². The minimum atomic E-state index is 0.0731. The van der Waals surface area contributed by atoms with Crippen molar-refractivity contribution in [3.05, 3.63) is 88.2 Å². The molecule has 0 radical (unpaired) electrons. The SMILES string of the molecule is O=C1CC(c2cccc(Cl)c2)Cc2c1cnc1nc(SCc3ccccc3)nn21. The van der Waals surface area contributed by atoms with Gasteiger partial charge >= 0.3 is 0 Å². The number of aromatic nitrogens is 4. The summed E-state index contributed by atoms with van der Waals surface area (Å²) in [6.45, 7) is 0. The first-order chi connectivity index (χ1) is 14.2. The largest absolute Gasteiger partial charge is 0.294 e. The van der Waals surface area contributed by atoms with E-state index in [1.165, 1.54) is 5.56 Å². The Morgan fingerprint density at radius 3 is 2.79 bits per heavy atom. The number of hydrogen-bond donors (Lipinski definition) is 0. The molecule has 5 nitrogen and oxygen atoms in total. The quantitative estimate of drug-likeness (QED) is 0.435. The molecule has 2 heterocycles. The van der Waals surface area contributed by atoms with Crippen LogP contribution in [0.15, 0.2) is 66.0 Å². The third-order valence-electron chi connectivity index (χ3n) is 5.15. The van der Waals surface area contributed by atoms with Gasteiger partial charge in [0.05, 0.1) is 11.3 Å². The maximum atomic E-state index is 12.8. The van der Waals surface area contributed by atoms with E-state index in [0.29, 0.717) is 34.4 Å². The topological polar surface area (TPSA) is 60.2 Å². The number of nitrogens with zero attached hydrogens (tertiary/aromatic N) is 4. The van der Waals surface area contributed by atoms with Crippen molar-refractivity contribution in [1.82, 2.24) is 19.6 Å². The number of benzene rings is 2. The van der Waals surface area contributed by atoms with Gasteiger partial charge in [0.1, 0.15) is 0 Å². The van der Waals surface area contributed by atoms with Crippen molar-refractivity contribution in [3.63, 3.8) is 0 Å². The van der Waals surface area contributed by atoms with E-state index in [0.717, 1.165) is 17.0 Å². The minimum Gasteiger partial charge on any atom is -0.294 e. The standard InChI is InChI=1S/C22H17ClN4OS/c23-17-8-4-7-15(9-17)16-10-19-18(20(28)11-16)12-24-21-25-22(26-27(19)21)29-13-14-5-2-1-3-6-14/h1-9,12,16H,10-11,13H2. The van der Waals surface area contributed by atoms with Crippen LogP contribution in [0.25, 0.3) is 5.78 Å². The van der Waals surface area contributed by atoms with Crippen LogP contribution in [-0.2, 0) is 12.2 Å². The van der Waals surface area contributed by atoms with Gasteiger partial charge in [-0.3, -0.25) is 4.79 Å². The second-order valence-corrected chi connectivity index (χ2v) is 8.46. The first-order valence-electron chi connectivity index (χ1n) is 9.37. The summed E-state index contributed by atoms with van der Waals surface area (Å²) in [4.78, 5) is 21.7. The van der Waals surface area contributed by atoms with Gasteiger partial charge in [0, 0.05) is 23.4 Å². The Labute approximate surface area is 177 Å². The highest BCUT2D eigenvalue weighted by molar-refractivity contribution is 7.98. The van der Waals surface area contributed by atoms with Gasteiger partial charge in [0.15, 0.2) is 5.78 Å². The molecule has 1 atom stereocenters. The van der Waals surface area contributed by atoms with E-state index in [1.54, 1.807) is 22.5 Å². The molecular weight excluding hydrogens is 404 g/mol. The van der Waals surface area contributed by atoms with Crippen LogP contribution in [0.4, 0.5) is 0 Å². The Morgan fingerprint density at radius 2 is 1.97 bits per heavy atom. The monoisotopic (exact) mass is 420 g/mol. The first kappa shape index (κ1) is 18.3. The van der Waals surface area contributed by atoms with Crippen LogP contribution in [0.1, 0.15) is 39.5 Å². The van der Waals surface area contributed by atoms with Crippen molar-refractivity contribution in [2.45, 2.75) is 29.7 Å². The number of carbonyl (C=O) groups is 1. The van der Waals surface area contributed by atoms with E-state index in [1.807, 2.05) is 42.5 Å². The maximum Gasteiger partial charge on any atom is 0.253 e. The number of fused-ring (bicyclic) bond motifs is 3. The zero-order valence-corrected chi connectivity index (χ0v) is 17.0. The van der Waals surface area contributed by atoms with E-state index >= 15 is 0 Å². The predicted octanol–water partition coefficient (Wildman–Crippen LogP) is 4.98. The highest BCUT2D eigenvalue weighted by atomic mass is 35.5. The van der Waals surface area contributed by atoms with Crippen LogP contribution >= 0.6 is 23.4 Å². The van der Waals surface area contributed by atoms with Crippen molar-refractivity contribution in [2.75, 3.05) is 0 Å². The maximum absolute atomic E-state index is 12.8. The molecule has 0 saturated carbocycles. The van der Waals surface area contributed by atoms with Gasteiger partial charge in [0.25, 0.3) is 5.78 Å². The summed E-state index contributed by atoms with van der Waals surface area (Å²) in [6, 6.07) is 17.9. The van der Waals surface area contributed by atoms with Crippen LogP contribution < -0.4 is 0 Å². The molecule has 0 amide bonds. The lowest BCUT2D eigenvalue weighted by atomic mass is 9.82. The molecule has 4 aromatic rings. The lowest BCUT2D eigenvalue weighted by Gasteiger charge is -2.24. The number of thioether (sulfide) groups is 1. The van der Waals surface area contributed by atoms with Crippen LogP contribution in [0.5, 0.6) is 0 Å². The Bertz CT molecular complexity index is 1210. The number of halogens is 1. The lowest BCUT2D eigenvalue weighted by molar-refractivity contribution is 0.0962. The van der Waals surface area contributed by atoms with Gasteiger partial charge in [-0.05, 0) is 35.6 Å². The number of rotatable bonds is 4. The summed E-state index contributed by atoms with van der Waals surface area (Å²) in [5, 5.41) is 5.99. The summed E-state index contributed by atoms with van der Waals surface area (Å²) in [5.41, 5.74) is 3.79. The fourth-order valence-electron chi connectivity index (χ4n) is 3.71. The van der Waals surface area contributed by atoms with Crippen molar-refractivity contribution in [3.8, 4) is 0 Å². The van der Waals surface area contributed by atoms with E-state index in [9.17, 15) is 4.79 Å². The van der Waals surface area contributed by atoms with Crippen molar-refractivity contribution < 1.29 is 4.79 Å². The average molecular weight is 421 g/mol. The molecule has 0 fully saturated rings. The van der Waals surface area contributed by atoms with Crippen molar-refractivity contribution in [1.29, 1.82) is 0 Å². The van der Waals surface area contributed by atoms with Gasteiger partial charge in [0.2, 0.25) is 5.16 Å². The van der Waals surface area contributed by atoms with Crippen LogP contribution in [0.2, 0.25) is 5.02 Å². The summed E-state index contributed by atoms with van der Waals surface area (Å²) in [7, 11) is 0. The number of hydrogen-bond acceptors (Lipinski definition) is 5. The Balaban J connectivity index is 1.47. The highest BCUT2D eigenvalue weighted by Gasteiger charge is 2.29. The lowest BCUT2D eigenvalue weighted by Crippen LogP contribution is -2.22. The average Bonchev–Trinajstić information content (AvgIpc) is 3.17. The third kappa shape index (κ3) is 3.66. The Kier molecular flexibility index (Phi) is 4.81. The fraction of sp³-hybridized carbons (Fsp3) is 0.182. The number of carbonyl (C=O) groups excluding carboxylic acids is 1. The Hall–Kier alpha value is -2.70. The summed E-state index contributed by atoms with van der Waals surface area (Å²) < 4.78 is 1.73. The molecule has 1 unspecified atom stereocenters. The van der Waals surface area contributed by atoms with Gasteiger partial charge in [-0.1, -0.05) is 65.8 Å². The van der Waals surface area contributed by atoms with Crippen molar-refractivity contribution >= 4 is 34.9 Å². The molecule has 2 aromatic carbocycles. The molecule has 29 heavy (non-hydrogen) atoms. The molecule has 0 bridgehead atoms. The van der Waals surface area contributed by atoms with Gasteiger partial charge in [-0.2, -0.15) is 9.50 Å². The smallest absolute Gasteiger partial charge is 0.253 e. The molecule has 1 aliphatic rings.